The van der Waals surface area contributed by atoms with Gasteiger partial charge in [-0.3, -0.25) is 0 Å². The molecular formula is C14H14Zr+2. The molecule has 0 aromatic heterocycles. The molecule has 12 radical (unpaired) electrons. The molecule has 0 atom stereocenters. The molecule has 0 bridgehead atoms. The van der Waals surface area contributed by atoms with Crippen LogP contribution in [0.5, 0.6) is 0 Å². The molecule has 0 spiro atoms. The van der Waals surface area contributed by atoms with Gasteiger partial charge in [0.05, 0.1) is 0 Å². The van der Waals surface area contributed by atoms with Crippen LogP contribution in [0.15, 0.2) is 0 Å². The van der Waals surface area contributed by atoms with Crippen molar-refractivity contribution in [2.45, 2.75) is 0 Å². The van der Waals surface area contributed by atoms with Gasteiger partial charge in [-0.25, -0.2) is 0 Å². The van der Waals surface area contributed by atoms with Crippen LogP contribution >= 0.6 is 0 Å². The summed E-state index contributed by atoms with van der Waals surface area (Å²) in [5, 5.41) is 0. The van der Waals surface area contributed by atoms with E-state index in [9.17, 15) is 0 Å². The first-order valence-corrected chi connectivity index (χ1v) is 4.29. The quantitative estimate of drug-likeness (QED) is 0.595. The van der Waals surface area contributed by atoms with E-state index in [1.165, 1.54) is 0 Å². The summed E-state index contributed by atoms with van der Waals surface area (Å²) in [4.78, 5) is 0. The van der Waals surface area contributed by atoms with Gasteiger partial charge in [-0.05, 0) is 64.2 Å². The van der Waals surface area contributed by atoms with Gasteiger partial charge in [-0.2, -0.15) is 0 Å². The standard InChI is InChI=1S/2C5H5.C4H4.Zr/c2*1-2-4-5-3-1;1-3-4-2;/h2*1-5H;1-2H2;/q;;-2;+4. The predicted octanol–water partition coefficient (Wildman–Crippen LogP) is 2.86. The first-order chi connectivity index (χ1) is 6.91. The van der Waals surface area contributed by atoms with Crippen LogP contribution in [0.4, 0.5) is 0 Å². The minimum atomic E-state index is 0. The molecule has 2 saturated carbocycles. The van der Waals surface area contributed by atoms with Crippen molar-refractivity contribution in [2.24, 2.45) is 0 Å². The van der Waals surface area contributed by atoms with E-state index in [1.54, 1.807) is 0 Å². The van der Waals surface area contributed by atoms with Crippen molar-refractivity contribution in [1.29, 1.82) is 0 Å². The van der Waals surface area contributed by atoms with Crippen LogP contribution in [0.25, 0.3) is 0 Å². The molecule has 0 nitrogen and oxygen atoms in total. The maximum atomic E-state index is 3.18. The van der Waals surface area contributed by atoms with E-state index in [2.05, 4.69) is 26.0 Å². The Morgan fingerprint density at radius 1 is 0.467 bits per heavy atom. The Labute approximate surface area is 116 Å². The van der Waals surface area contributed by atoms with Gasteiger partial charge in [0.2, 0.25) is 0 Å². The van der Waals surface area contributed by atoms with Gasteiger partial charge in [-0.15, -0.1) is 0 Å². The van der Waals surface area contributed by atoms with Crippen LogP contribution in [0.3, 0.4) is 0 Å². The van der Waals surface area contributed by atoms with Gasteiger partial charge in [0.25, 0.3) is 0 Å². The molecule has 0 aromatic rings. The van der Waals surface area contributed by atoms with E-state index >= 15 is 0 Å². The van der Waals surface area contributed by atoms with E-state index in [0.29, 0.717) is 0 Å². The largest absolute Gasteiger partial charge is 4.00 e. The molecule has 15 heavy (non-hydrogen) atoms. The summed E-state index contributed by atoms with van der Waals surface area (Å²) < 4.78 is 0. The molecule has 0 unspecified atom stereocenters. The van der Waals surface area contributed by atoms with E-state index in [1.807, 2.05) is 64.2 Å². The molecule has 0 saturated heterocycles. The van der Waals surface area contributed by atoms with Crippen LogP contribution in [0, 0.1) is 90.2 Å². The summed E-state index contributed by atoms with van der Waals surface area (Å²) in [6.07, 6.45) is 24.6. The molecule has 2 aliphatic rings. The third-order valence-electron chi connectivity index (χ3n) is 1.24. The Hall–Kier alpha value is 0.363. The van der Waals surface area contributed by atoms with Crippen molar-refractivity contribution >= 4 is 0 Å². The average molecular weight is 273 g/mol. The Morgan fingerprint density at radius 2 is 0.600 bits per heavy atom. The number of hydrogen-bond acceptors (Lipinski definition) is 0. The third kappa shape index (κ3) is 17.0. The fourth-order valence-electron chi connectivity index (χ4n) is 0.642. The van der Waals surface area contributed by atoms with Crippen molar-refractivity contribution in [3.05, 3.63) is 90.2 Å². The maximum Gasteiger partial charge on any atom is 4.00 e. The van der Waals surface area contributed by atoms with Crippen LogP contribution in [0.1, 0.15) is 0 Å². The second-order valence-electron chi connectivity index (χ2n) is 2.28. The topological polar surface area (TPSA) is 0 Å². The Balaban J connectivity index is 0. The minimum Gasteiger partial charge on any atom is -0.472 e. The molecule has 0 aliphatic heterocycles. The summed E-state index contributed by atoms with van der Waals surface area (Å²) in [5.74, 6) is 0. The van der Waals surface area contributed by atoms with Gasteiger partial charge < -0.3 is 26.0 Å². The van der Waals surface area contributed by atoms with Gasteiger partial charge in [-0.1, -0.05) is 0 Å². The van der Waals surface area contributed by atoms with Crippen molar-refractivity contribution in [3.63, 3.8) is 0 Å². The summed E-state index contributed by atoms with van der Waals surface area (Å²) in [5.41, 5.74) is 0. The predicted molar refractivity (Wildman–Crippen MR) is 60.2 cm³/mol. The van der Waals surface area contributed by atoms with Gasteiger partial charge in [0, 0.05) is 0 Å². The Bertz CT molecular complexity index is 81.3. The van der Waals surface area contributed by atoms with Crippen LogP contribution in [0.2, 0.25) is 0 Å². The number of rotatable bonds is 0. The fraction of sp³-hybridized carbons (Fsp3) is 0. The van der Waals surface area contributed by atoms with Crippen molar-refractivity contribution < 1.29 is 26.2 Å². The summed E-state index contributed by atoms with van der Waals surface area (Å²) >= 11 is 0. The number of hydrogen-bond donors (Lipinski definition) is 0. The maximum absolute atomic E-state index is 3.18. The monoisotopic (exact) mass is 272 g/mol. The molecule has 0 heterocycles. The van der Waals surface area contributed by atoms with Crippen LogP contribution in [-0.4, -0.2) is 0 Å². The van der Waals surface area contributed by atoms with Crippen molar-refractivity contribution in [2.75, 3.05) is 0 Å². The van der Waals surface area contributed by atoms with E-state index in [4.69, 9.17) is 0 Å². The molecule has 2 fully saturated rings. The van der Waals surface area contributed by atoms with Gasteiger partial charge in [0.15, 0.2) is 0 Å². The van der Waals surface area contributed by atoms with Crippen LogP contribution < -0.4 is 0 Å². The third-order valence-corrected chi connectivity index (χ3v) is 1.24. The van der Waals surface area contributed by atoms with Crippen LogP contribution in [-0.2, 0) is 26.2 Å². The zero-order valence-electron chi connectivity index (χ0n) is 8.69. The normalized spacial score (nSPS) is 18.4. The van der Waals surface area contributed by atoms with Gasteiger partial charge >= 0.3 is 26.2 Å². The molecule has 2 aliphatic carbocycles. The summed E-state index contributed by atoms with van der Waals surface area (Å²) in [6, 6.07) is 0. The average Bonchev–Trinajstić information content (AvgIpc) is 2.94. The molecule has 0 amide bonds. The summed E-state index contributed by atoms with van der Waals surface area (Å²) in [6.45, 7) is 6.36. The Morgan fingerprint density at radius 3 is 0.667 bits per heavy atom. The van der Waals surface area contributed by atoms with E-state index in [0.717, 1.165) is 0 Å². The molecule has 2 rings (SSSR count). The molecule has 0 N–H and O–H groups in total. The zero-order valence-corrected chi connectivity index (χ0v) is 11.1. The molecule has 72 valence electrons. The SMILES string of the molecule is [CH2-][C]=[C][CH2-].[CH]1[CH][CH][CH][CH]1.[CH]1[CH][CH][CH][CH]1.[Zr+4]. The van der Waals surface area contributed by atoms with E-state index < -0.39 is 0 Å². The van der Waals surface area contributed by atoms with Crippen molar-refractivity contribution in [3.8, 4) is 0 Å². The first-order valence-electron chi connectivity index (χ1n) is 4.29. The van der Waals surface area contributed by atoms with E-state index in [-0.39, 0.29) is 26.2 Å². The zero-order chi connectivity index (χ0) is 10.5. The second-order valence-corrected chi connectivity index (χ2v) is 2.28. The molecule has 1 heteroatoms. The fourth-order valence-corrected chi connectivity index (χ4v) is 0.642. The summed E-state index contributed by atoms with van der Waals surface area (Å²) in [7, 11) is 0. The number of allylic oxidation sites excluding steroid dienone is 2. The molecular weight excluding hydrogens is 259 g/mol. The van der Waals surface area contributed by atoms with Gasteiger partial charge in [0.1, 0.15) is 0 Å². The Kier molecular flexibility index (Phi) is 19.9. The van der Waals surface area contributed by atoms with Crippen molar-refractivity contribution in [1.82, 2.24) is 0 Å². The first kappa shape index (κ1) is 17.7. The molecule has 0 aromatic carbocycles. The minimum absolute atomic E-state index is 0. The second kappa shape index (κ2) is 16.8. The smallest absolute Gasteiger partial charge is 0.472 e.